The zero-order valence-corrected chi connectivity index (χ0v) is 11.9. The summed E-state index contributed by atoms with van der Waals surface area (Å²) in [6.45, 7) is 6.93. The molecule has 1 aliphatic heterocycles. The predicted octanol–water partition coefficient (Wildman–Crippen LogP) is 1.40. The van der Waals surface area contributed by atoms with E-state index in [2.05, 4.69) is 19.2 Å². The largest absolute Gasteiger partial charge is 0.385 e. The number of amides is 1. The topological polar surface area (TPSA) is 41.6 Å². The van der Waals surface area contributed by atoms with Gasteiger partial charge in [-0.05, 0) is 31.1 Å². The summed E-state index contributed by atoms with van der Waals surface area (Å²) in [4.78, 5) is 14.3. The molecule has 1 heterocycles. The number of hydrogen-bond donors (Lipinski definition) is 1. The molecular weight excluding hydrogens is 228 g/mol. The lowest BCUT2D eigenvalue weighted by molar-refractivity contribution is -0.130. The van der Waals surface area contributed by atoms with Crippen LogP contribution in [0.2, 0.25) is 0 Å². The van der Waals surface area contributed by atoms with E-state index in [0.29, 0.717) is 11.9 Å². The Morgan fingerprint density at radius 3 is 2.72 bits per heavy atom. The average molecular weight is 254 g/mol. The highest BCUT2D eigenvalue weighted by atomic mass is 16.5. The summed E-state index contributed by atoms with van der Waals surface area (Å²) in [5.74, 6) is 0.299. The van der Waals surface area contributed by atoms with Crippen LogP contribution in [0.3, 0.4) is 0 Å². The molecule has 0 aromatic carbocycles. The first kappa shape index (κ1) is 13.8. The number of likely N-dealkylation sites (tertiary alicyclic amines) is 1. The van der Waals surface area contributed by atoms with Crippen LogP contribution < -0.4 is 5.32 Å². The Morgan fingerprint density at radius 1 is 1.39 bits per heavy atom. The third kappa shape index (κ3) is 3.69. The number of carbonyl (C=O) groups excluding carboxylic acids is 1. The lowest BCUT2D eigenvalue weighted by atomic mass is 9.89. The Morgan fingerprint density at radius 2 is 2.11 bits per heavy atom. The van der Waals surface area contributed by atoms with Crippen molar-refractivity contribution in [2.75, 3.05) is 26.8 Å². The quantitative estimate of drug-likeness (QED) is 0.747. The van der Waals surface area contributed by atoms with Gasteiger partial charge < -0.3 is 15.0 Å². The van der Waals surface area contributed by atoms with Gasteiger partial charge in [0.1, 0.15) is 0 Å². The summed E-state index contributed by atoms with van der Waals surface area (Å²) < 4.78 is 5.14. The summed E-state index contributed by atoms with van der Waals surface area (Å²) in [5, 5.41) is 3.45. The molecule has 1 saturated heterocycles. The van der Waals surface area contributed by atoms with Crippen LogP contribution in [0, 0.1) is 5.41 Å². The number of hydrogen-bond acceptors (Lipinski definition) is 3. The van der Waals surface area contributed by atoms with Gasteiger partial charge in [-0.15, -0.1) is 0 Å². The van der Waals surface area contributed by atoms with E-state index in [1.807, 2.05) is 4.90 Å². The maximum atomic E-state index is 12.3. The maximum absolute atomic E-state index is 12.3. The molecule has 2 aliphatic rings. The molecule has 0 aromatic heterocycles. The minimum absolute atomic E-state index is 0.0794. The van der Waals surface area contributed by atoms with Gasteiger partial charge in [-0.1, -0.05) is 13.8 Å². The van der Waals surface area contributed by atoms with Gasteiger partial charge in [0.2, 0.25) is 5.91 Å². The zero-order chi connectivity index (χ0) is 13.2. The summed E-state index contributed by atoms with van der Waals surface area (Å²) in [7, 11) is 1.73. The fraction of sp³-hybridized carbons (Fsp3) is 0.929. The fourth-order valence-corrected chi connectivity index (χ4v) is 2.56. The molecule has 4 nitrogen and oxygen atoms in total. The Bertz CT molecular complexity index is 300. The van der Waals surface area contributed by atoms with E-state index in [1.165, 1.54) is 12.8 Å². The number of methoxy groups -OCH3 is 1. The Hall–Kier alpha value is -0.610. The summed E-state index contributed by atoms with van der Waals surface area (Å²) in [5.41, 5.74) is 0.139. The Balaban J connectivity index is 1.80. The van der Waals surface area contributed by atoms with E-state index in [-0.39, 0.29) is 11.5 Å². The third-order valence-corrected chi connectivity index (χ3v) is 3.91. The van der Waals surface area contributed by atoms with Crippen molar-refractivity contribution in [1.82, 2.24) is 10.2 Å². The molecule has 0 bridgehead atoms. The van der Waals surface area contributed by atoms with Crippen molar-refractivity contribution in [3.63, 3.8) is 0 Å². The van der Waals surface area contributed by atoms with E-state index in [1.54, 1.807) is 7.11 Å². The molecular formula is C14H26N2O2. The smallest absolute Gasteiger partial charge is 0.239 e. The molecule has 4 heteroatoms. The molecule has 0 radical (unpaired) electrons. The molecule has 2 fully saturated rings. The van der Waals surface area contributed by atoms with Crippen LogP contribution in [0.5, 0.6) is 0 Å². The van der Waals surface area contributed by atoms with Crippen molar-refractivity contribution in [2.45, 2.75) is 51.6 Å². The van der Waals surface area contributed by atoms with Crippen molar-refractivity contribution in [3.05, 3.63) is 0 Å². The minimum atomic E-state index is 0.0794. The number of carbonyl (C=O) groups is 1. The van der Waals surface area contributed by atoms with Gasteiger partial charge in [-0.3, -0.25) is 4.79 Å². The van der Waals surface area contributed by atoms with Gasteiger partial charge in [0.15, 0.2) is 0 Å². The van der Waals surface area contributed by atoms with Crippen LogP contribution in [0.25, 0.3) is 0 Å². The highest BCUT2D eigenvalue weighted by Crippen LogP contribution is 2.26. The zero-order valence-electron chi connectivity index (χ0n) is 11.9. The van der Waals surface area contributed by atoms with E-state index in [0.717, 1.165) is 32.5 Å². The lowest BCUT2D eigenvalue weighted by Gasteiger charge is -2.30. The predicted molar refractivity (Wildman–Crippen MR) is 71.4 cm³/mol. The van der Waals surface area contributed by atoms with Gasteiger partial charge in [0.25, 0.3) is 0 Å². The molecule has 0 aromatic rings. The number of nitrogens with one attached hydrogen (secondary N) is 1. The first-order valence-corrected chi connectivity index (χ1v) is 7.05. The first-order valence-electron chi connectivity index (χ1n) is 7.05. The first-order chi connectivity index (χ1) is 8.52. The van der Waals surface area contributed by atoms with Crippen molar-refractivity contribution in [3.8, 4) is 0 Å². The normalized spacial score (nSPS) is 24.9. The summed E-state index contributed by atoms with van der Waals surface area (Å²) in [6, 6.07) is 0.691. The van der Waals surface area contributed by atoms with Gasteiger partial charge in [0, 0.05) is 32.8 Å². The molecule has 1 aliphatic carbocycles. The van der Waals surface area contributed by atoms with Crippen LogP contribution in [0.1, 0.15) is 39.5 Å². The molecule has 104 valence electrons. The van der Waals surface area contributed by atoms with Crippen molar-refractivity contribution in [2.24, 2.45) is 5.41 Å². The van der Waals surface area contributed by atoms with Crippen LogP contribution >= 0.6 is 0 Å². The fourth-order valence-electron chi connectivity index (χ4n) is 2.56. The van der Waals surface area contributed by atoms with Gasteiger partial charge in [0.05, 0.1) is 6.04 Å². The number of ether oxygens (including phenoxy) is 1. The van der Waals surface area contributed by atoms with Gasteiger partial charge in [-0.2, -0.15) is 0 Å². The monoisotopic (exact) mass is 254 g/mol. The molecule has 0 spiro atoms. The molecule has 1 N–H and O–H groups in total. The third-order valence-electron chi connectivity index (χ3n) is 3.91. The van der Waals surface area contributed by atoms with Crippen molar-refractivity contribution < 1.29 is 9.53 Å². The van der Waals surface area contributed by atoms with Gasteiger partial charge >= 0.3 is 0 Å². The van der Waals surface area contributed by atoms with Crippen molar-refractivity contribution in [1.29, 1.82) is 0 Å². The highest BCUT2D eigenvalue weighted by molar-refractivity contribution is 5.84. The van der Waals surface area contributed by atoms with E-state index < -0.39 is 0 Å². The Kier molecular flexibility index (Phi) is 4.28. The standard InChI is InChI=1S/C14H26N2O2/c1-14(2,7-9-18-3)10-16-8-6-12(13(16)17)15-11-4-5-11/h11-12,15H,4-10H2,1-3H3. The molecule has 2 rings (SSSR count). The second-order valence-electron chi connectivity index (χ2n) is 6.45. The molecule has 1 saturated carbocycles. The second kappa shape index (κ2) is 5.57. The second-order valence-corrected chi connectivity index (χ2v) is 6.45. The summed E-state index contributed by atoms with van der Waals surface area (Å²) in [6.07, 6.45) is 4.44. The number of nitrogens with zero attached hydrogens (tertiary/aromatic N) is 1. The minimum Gasteiger partial charge on any atom is -0.385 e. The molecule has 1 unspecified atom stereocenters. The number of rotatable bonds is 7. The molecule has 1 atom stereocenters. The average Bonchev–Trinajstić information content (AvgIpc) is 3.07. The van der Waals surface area contributed by atoms with Crippen molar-refractivity contribution >= 4 is 5.91 Å². The lowest BCUT2D eigenvalue weighted by Crippen LogP contribution is -2.42. The van der Waals surface area contributed by atoms with Crippen LogP contribution in [0.15, 0.2) is 0 Å². The maximum Gasteiger partial charge on any atom is 0.239 e. The van der Waals surface area contributed by atoms with Crippen LogP contribution in [-0.2, 0) is 9.53 Å². The SMILES string of the molecule is COCCC(C)(C)CN1CCC(NC2CC2)C1=O. The van der Waals surface area contributed by atoms with Crippen LogP contribution in [-0.4, -0.2) is 49.7 Å². The van der Waals surface area contributed by atoms with Gasteiger partial charge in [-0.25, -0.2) is 0 Å². The highest BCUT2D eigenvalue weighted by Gasteiger charge is 2.37. The van der Waals surface area contributed by atoms with Crippen LogP contribution in [0.4, 0.5) is 0 Å². The molecule has 18 heavy (non-hydrogen) atoms. The van der Waals surface area contributed by atoms with E-state index in [4.69, 9.17) is 4.74 Å². The molecule has 1 amide bonds. The summed E-state index contributed by atoms with van der Waals surface area (Å²) >= 11 is 0. The van der Waals surface area contributed by atoms with E-state index in [9.17, 15) is 4.79 Å². The Labute approximate surface area is 110 Å². The van der Waals surface area contributed by atoms with E-state index >= 15 is 0 Å².